The summed E-state index contributed by atoms with van der Waals surface area (Å²) in [5, 5.41) is 14.7. The van der Waals surface area contributed by atoms with Crippen molar-refractivity contribution >= 4 is 11.9 Å². The first-order valence-electron chi connectivity index (χ1n) is 5.40. The number of nitrogens with one attached hydrogen (secondary N) is 2. The Morgan fingerprint density at radius 3 is 2.60 bits per heavy atom. The van der Waals surface area contributed by atoms with Crippen LogP contribution in [0.15, 0.2) is 0 Å². The maximum atomic E-state index is 11.7. The van der Waals surface area contributed by atoms with E-state index in [4.69, 9.17) is 5.11 Å². The van der Waals surface area contributed by atoms with Crippen LogP contribution in [0.4, 0.5) is 0 Å². The highest BCUT2D eigenvalue weighted by Gasteiger charge is 2.52. The molecule has 1 saturated carbocycles. The molecular weight excluding hydrogens is 196 g/mol. The van der Waals surface area contributed by atoms with Crippen molar-refractivity contribution in [3.05, 3.63) is 0 Å². The highest BCUT2D eigenvalue weighted by molar-refractivity contribution is 5.90. The monoisotopic (exact) mass is 212 g/mol. The van der Waals surface area contributed by atoms with Gasteiger partial charge in [0.1, 0.15) is 5.54 Å². The Morgan fingerprint density at radius 1 is 1.40 bits per heavy atom. The summed E-state index contributed by atoms with van der Waals surface area (Å²) in [4.78, 5) is 22.6. The van der Waals surface area contributed by atoms with Gasteiger partial charge in [-0.25, -0.2) is 4.79 Å². The maximum absolute atomic E-state index is 11.7. The van der Waals surface area contributed by atoms with Crippen molar-refractivity contribution in [2.75, 3.05) is 13.1 Å². The Kier molecular flexibility index (Phi) is 2.65. The van der Waals surface area contributed by atoms with Crippen LogP contribution < -0.4 is 10.6 Å². The molecule has 0 spiro atoms. The van der Waals surface area contributed by atoms with E-state index in [9.17, 15) is 9.59 Å². The van der Waals surface area contributed by atoms with Crippen LogP contribution in [-0.4, -0.2) is 35.6 Å². The van der Waals surface area contributed by atoms with Crippen molar-refractivity contribution in [3.8, 4) is 0 Å². The van der Waals surface area contributed by atoms with Crippen LogP contribution in [-0.2, 0) is 9.59 Å². The minimum atomic E-state index is -0.936. The van der Waals surface area contributed by atoms with E-state index in [-0.39, 0.29) is 11.8 Å². The first kappa shape index (κ1) is 10.4. The zero-order chi connectivity index (χ0) is 10.9. The summed E-state index contributed by atoms with van der Waals surface area (Å²) in [6.45, 7) is 1.62. The number of hydrogen-bond donors (Lipinski definition) is 3. The maximum Gasteiger partial charge on any atom is 0.329 e. The van der Waals surface area contributed by atoms with E-state index in [2.05, 4.69) is 10.6 Å². The van der Waals surface area contributed by atoms with Gasteiger partial charge in [0.15, 0.2) is 0 Å². The van der Waals surface area contributed by atoms with Gasteiger partial charge in [-0.15, -0.1) is 0 Å². The molecule has 0 bridgehead atoms. The number of amides is 1. The molecule has 5 nitrogen and oxygen atoms in total. The van der Waals surface area contributed by atoms with Crippen molar-refractivity contribution < 1.29 is 14.7 Å². The molecule has 1 amide bonds. The van der Waals surface area contributed by atoms with E-state index in [0.717, 1.165) is 19.4 Å². The summed E-state index contributed by atoms with van der Waals surface area (Å²) in [6.07, 6.45) is 2.97. The molecule has 1 aliphatic carbocycles. The number of carboxylic acid groups (broad SMARTS) is 1. The molecule has 84 valence electrons. The lowest BCUT2D eigenvalue weighted by Gasteiger charge is -2.23. The molecule has 1 atom stereocenters. The molecule has 0 aromatic carbocycles. The molecule has 2 aliphatic rings. The summed E-state index contributed by atoms with van der Waals surface area (Å²) < 4.78 is 0. The second kappa shape index (κ2) is 3.81. The van der Waals surface area contributed by atoms with Crippen LogP contribution in [0.25, 0.3) is 0 Å². The molecule has 2 rings (SSSR count). The average Bonchev–Trinajstić information content (AvgIpc) is 3.00. The van der Waals surface area contributed by atoms with Gasteiger partial charge in [0.25, 0.3) is 0 Å². The van der Waals surface area contributed by atoms with Gasteiger partial charge in [-0.05, 0) is 32.2 Å². The topological polar surface area (TPSA) is 78.4 Å². The summed E-state index contributed by atoms with van der Waals surface area (Å²) in [5.74, 6) is -1.07. The van der Waals surface area contributed by atoms with Crippen LogP contribution >= 0.6 is 0 Å². The van der Waals surface area contributed by atoms with Gasteiger partial charge in [-0.1, -0.05) is 0 Å². The Labute approximate surface area is 88.2 Å². The molecule has 0 unspecified atom stereocenters. The summed E-state index contributed by atoms with van der Waals surface area (Å²) in [6, 6.07) is 0. The first-order chi connectivity index (χ1) is 7.14. The molecule has 1 heterocycles. The molecule has 3 N–H and O–H groups in total. The Morgan fingerprint density at radius 2 is 2.13 bits per heavy atom. The number of carboxylic acids is 1. The summed E-state index contributed by atoms with van der Waals surface area (Å²) in [5.41, 5.74) is -0.936. The number of rotatable bonds is 3. The van der Waals surface area contributed by atoms with Crippen molar-refractivity contribution in [2.45, 2.75) is 31.2 Å². The molecule has 2 fully saturated rings. The fourth-order valence-corrected chi connectivity index (χ4v) is 1.93. The molecule has 1 saturated heterocycles. The number of carbonyl (C=O) groups excluding carboxylic acids is 1. The number of aliphatic carboxylic acids is 1. The standard InChI is InChI=1S/C10H16N2O3/c13-8(7-2-1-5-11-6-7)12-10(3-4-10)9(14)15/h7,11H,1-6H2,(H,12,13)(H,14,15)/t7-/m1/s1. The number of piperidine rings is 1. The zero-order valence-electron chi connectivity index (χ0n) is 8.58. The highest BCUT2D eigenvalue weighted by Crippen LogP contribution is 2.35. The van der Waals surface area contributed by atoms with E-state index in [0.29, 0.717) is 19.4 Å². The van der Waals surface area contributed by atoms with Crippen molar-refractivity contribution in [3.63, 3.8) is 0 Å². The molecule has 0 aromatic rings. The third kappa shape index (κ3) is 2.12. The van der Waals surface area contributed by atoms with Gasteiger partial charge in [-0.2, -0.15) is 0 Å². The minimum Gasteiger partial charge on any atom is -0.480 e. The fourth-order valence-electron chi connectivity index (χ4n) is 1.93. The lowest BCUT2D eigenvalue weighted by Crippen LogP contribution is -2.48. The lowest BCUT2D eigenvalue weighted by molar-refractivity contribution is -0.143. The second-order valence-electron chi connectivity index (χ2n) is 4.42. The lowest BCUT2D eigenvalue weighted by atomic mass is 9.98. The van der Waals surface area contributed by atoms with Crippen molar-refractivity contribution in [1.29, 1.82) is 0 Å². The Bertz CT molecular complexity index is 280. The molecule has 0 aromatic heterocycles. The third-order valence-corrected chi connectivity index (χ3v) is 3.19. The van der Waals surface area contributed by atoms with Gasteiger partial charge in [0.05, 0.1) is 5.92 Å². The van der Waals surface area contributed by atoms with E-state index >= 15 is 0 Å². The Hall–Kier alpha value is -1.10. The van der Waals surface area contributed by atoms with Crippen molar-refractivity contribution in [2.24, 2.45) is 5.92 Å². The quantitative estimate of drug-likeness (QED) is 0.601. The van der Waals surface area contributed by atoms with Gasteiger partial charge in [0.2, 0.25) is 5.91 Å². The predicted octanol–water partition coefficient (Wildman–Crippen LogP) is -0.281. The van der Waals surface area contributed by atoms with E-state index in [1.54, 1.807) is 0 Å². The van der Waals surface area contributed by atoms with E-state index < -0.39 is 11.5 Å². The highest BCUT2D eigenvalue weighted by atomic mass is 16.4. The largest absolute Gasteiger partial charge is 0.480 e. The Balaban J connectivity index is 1.89. The zero-order valence-corrected chi connectivity index (χ0v) is 8.58. The molecule has 5 heteroatoms. The van der Waals surface area contributed by atoms with Crippen LogP contribution in [0.3, 0.4) is 0 Å². The van der Waals surface area contributed by atoms with Gasteiger partial charge in [0, 0.05) is 6.54 Å². The average molecular weight is 212 g/mol. The predicted molar refractivity (Wildman–Crippen MR) is 53.3 cm³/mol. The fraction of sp³-hybridized carbons (Fsp3) is 0.800. The van der Waals surface area contributed by atoms with E-state index in [1.165, 1.54) is 0 Å². The van der Waals surface area contributed by atoms with Crippen LogP contribution in [0.1, 0.15) is 25.7 Å². The molecule has 1 aliphatic heterocycles. The van der Waals surface area contributed by atoms with Gasteiger partial charge in [-0.3, -0.25) is 4.79 Å². The molecule has 15 heavy (non-hydrogen) atoms. The van der Waals surface area contributed by atoms with Crippen LogP contribution in [0, 0.1) is 5.92 Å². The molecular formula is C10H16N2O3. The summed E-state index contributed by atoms with van der Waals surface area (Å²) >= 11 is 0. The van der Waals surface area contributed by atoms with Crippen LogP contribution in [0.5, 0.6) is 0 Å². The van der Waals surface area contributed by atoms with Crippen molar-refractivity contribution in [1.82, 2.24) is 10.6 Å². The normalized spacial score (nSPS) is 28.1. The second-order valence-corrected chi connectivity index (χ2v) is 4.42. The van der Waals surface area contributed by atoms with E-state index in [1.807, 2.05) is 0 Å². The number of hydrogen-bond acceptors (Lipinski definition) is 3. The minimum absolute atomic E-state index is 0.0597. The van der Waals surface area contributed by atoms with Gasteiger partial charge >= 0.3 is 5.97 Å². The first-order valence-corrected chi connectivity index (χ1v) is 5.40. The van der Waals surface area contributed by atoms with Crippen LogP contribution in [0.2, 0.25) is 0 Å². The smallest absolute Gasteiger partial charge is 0.329 e. The number of carbonyl (C=O) groups is 2. The third-order valence-electron chi connectivity index (χ3n) is 3.19. The van der Waals surface area contributed by atoms with Gasteiger partial charge < -0.3 is 15.7 Å². The SMILES string of the molecule is O=C(NC1(C(=O)O)CC1)[C@@H]1CCCNC1. The summed E-state index contributed by atoms with van der Waals surface area (Å²) in [7, 11) is 0. The molecule has 0 radical (unpaired) electrons.